The average molecular weight is 476 g/mol. The molecule has 4 rings (SSSR count). The summed E-state index contributed by atoms with van der Waals surface area (Å²) in [6.07, 6.45) is 0. The molecule has 8 heteroatoms. The lowest BCUT2D eigenvalue weighted by Gasteiger charge is -2.19. The molecule has 4 aromatic carbocycles. The molecule has 0 aliphatic heterocycles. The Morgan fingerprint density at radius 1 is 0.912 bits per heavy atom. The second-order valence-electron chi connectivity index (χ2n) is 7.69. The number of nitrogens with two attached hydrogens (primary N) is 1. The van der Waals surface area contributed by atoms with Crippen LogP contribution >= 0.6 is 0 Å². The molecule has 0 bridgehead atoms. The van der Waals surface area contributed by atoms with Crippen LogP contribution < -0.4 is 15.8 Å². The smallest absolute Gasteiger partial charge is 0.338 e. The highest BCUT2D eigenvalue weighted by Crippen LogP contribution is 2.35. The van der Waals surface area contributed by atoms with E-state index in [2.05, 4.69) is 10.6 Å². The third-order valence-corrected chi connectivity index (χ3v) is 6.20. The van der Waals surface area contributed by atoms with Gasteiger partial charge in [0.05, 0.1) is 23.5 Å². The molecule has 4 N–H and O–H groups in total. The first-order chi connectivity index (χ1) is 16.3. The quantitative estimate of drug-likeness (QED) is 0.309. The number of ether oxygens (including phenoxy) is 1. The van der Waals surface area contributed by atoms with Crippen molar-refractivity contribution in [1.29, 1.82) is 0 Å². The van der Waals surface area contributed by atoms with Crippen molar-refractivity contribution >= 4 is 43.8 Å². The fourth-order valence-electron chi connectivity index (χ4n) is 3.65. The van der Waals surface area contributed by atoms with Crippen LogP contribution in [0.3, 0.4) is 0 Å². The van der Waals surface area contributed by atoms with Crippen molar-refractivity contribution in [3.05, 3.63) is 96.1 Å². The highest BCUT2D eigenvalue weighted by Gasteiger charge is 2.22. The first-order valence-corrected chi connectivity index (χ1v) is 12.3. The molecule has 7 nitrogen and oxygen atoms in total. The zero-order valence-electron chi connectivity index (χ0n) is 18.6. The summed E-state index contributed by atoms with van der Waals surface area (Å²) < 4.78 is 30.2. The Bertz CT molecular complexity index is 1440. The SMILES string of the molecule is CCOC(=O)c1cc(NCc2ccccc2)c(Nc2ccc3ccccc3c2)c(S(N)(=O)=O)c1. The van der Waals surface area contributed by atoms with Crippen molar-refractivity contribution < 1.29 is 17.9 Å². The van der Waals surface area contributed by atoms with Crippen molar-refractivity contribution in [1.82, 2.24) is 0 Å². The number of hydrogen-bond donors (Lipinski definition) is 3. The van der Waals surface area contributed by atoms with Gasteiger partial charge in [0.2, 0.25) is 10.0 Å². The lowest BCUT2D eigenvalue weighted by Crippen LogP contribution is -2.17. The van der Waals surface area contributed by atoms with Crippen LogP contribution in [0.4, 0.5) is 17.1 Å². The molecule has 0 heterocycles. The Hall–Kier alpha value is -3.88. The summed E-state index contributed by atoms with van der Waals surface area (Å²) in [7, 11) is -4.18. The van der Waals surface area contributed by atoms with Gasteiger partial charge < -0.3 is 15.4 Å². The standard InChI is InChI=1S/C26H25N3O4S/c1-2-33-26(30)21-15-23(28-17-18-8-4-3-5-9-18)25(24(16-21)34(27,31)32)29-22-13-12-19-10-6-7-11-20(19)14-22/h3-16,28-29H,2,17H2,1H3,(H2,27,31,32). The zero-order valence-corrected chi connectivity index (χ0v) is 19.4. The van der Waals surface area contributed by atoms with Gasteiger partial charge in [-0.3, -0.25) is 0 Å². The van der Waals surface area contributed by atoms with Gasteiger partial charge in [0, 0.05) is 12.2 Å². The van der Waals surface area contributed by atoms with Gasteiger partial charge in [-0.1, -0.05) is 60.7 Å². The Morgan fingerprint density at radius 3 is 2.32 bits per heavy atom. The first-order valence-electron chi connectivity index (χ1n) is 10.8. The van der Waals surface area contributed by atoms with E-state index in [0.717, 1.165) is 16.3 Å². The maximum atomic E-state index is 12.6. The molecule has 0 saturated carbocycles. The number of benzene rings is 4. The van der Waals surface area contributed by atoms with Crippen molar-refractivity contribution in [3.8, 4) is 0 Å². The van der Waals surface area contributed by atoms with Crippen LogP contribution in [0.15, 0.2) is 89.8 Å². The lowest BCUT2D eigenvalue weighted by atomic mass is 10.1. The molecule has 0 unspecified atom stereocenters. The Morgan fingerprint density at radius 2 is 1.62 bits per heavy atom. The largest absolute Gasteiger partial charge is 0.462 e. The summed E-state index contributed by atoms with van der Waals surface area (Å²) in [5, 5.41) is 14.1. The number of carbonyl (C=O) groups is 1. The summed E-state index contributed by atoms with van der Waals surface area (Å²) in [5.74, 6) is -0.632. The van der Waals surface area contributed by atoms with Crippen LogP contribution in [0.25, 0.3) is 10.8 Å². The molecule has 0 amide bonds. The van der Waals surface area contributed by atoms with Gasteiger partial charge >= 0.3 is 5.97 Å². The number of fused-ring (bicyclic) bond motifs is 1. The van der Waals surface area contributed by atoms with E-state index in [-0.39, 0.29) is 22.8 Å². The van der Waals surface area contributed by atoms with Gasteiger partial charge in [-0.2, -0.15) is 0 Å². The minimum atomic E-state index is -4.18. The molecular formula is C26H25N3O4S. The molecule has 0 atom stereocenters. The fourth-order valence-corrected chi connectivity index (χ4v) is 4.38. The molecule has 174 valence electrons. The van der Waals surface area contributed by atoms with Crippen LogP contribution in [-0.4, -0.2) is 21.0 Å². The van der Waals surface area contributed by atoms with Gasteiger partial charge in [-0.25, -0.2) is 18.4 Å². The average Bonchev–Trinajstić information content (AvgIpc) is 2.83. The monoisotopic (exact) mass is 475 g/mol. The predicted molar refractivity (Wildman–Crippen MR) is 135 cm³/mol. The minimum Gasteiger partial charge on any atom is -0.462 e. The number of esters is 1. The number of hydrogen-bond acceptors (Lipinski definition) is 6. The fraction of sp³-hybridized carbons (Fsp3) is 0.115. The number of sulfonamides is 1. The summed E-state index contributed by atoms with van der Waals surface area (Å²) in [6.45, 7) is 2.25. The molecule has 4 aromatic rings. The van der Waals surface area contributed by atoms with E-state index in [0.29, 0.717) is 17.9 Å². The zero-order chi connectivity index (χ0) is 24.1. The molecular weight excluding hydrogens is 450 g/mol. The van der Waals surface area contributed by atoms with E-state index in [1.165, 1.54) is 6.07 Å². The van der Waals surface area contributed by atoms with Gasteiger partial charge in [0.1, 0.15) is 4.90 Å². The van der Waals surface area contributed by atoms with E-state index in [1.54, 1.807) is 13.0 Å². The van der Waals surface area contributed by atoms with Gasteiger partial charge in [-0.15, -0.1) is 0 Å². The summed E-state index contributed by atoms with van der Waals surface area (Å²) in [6, 6.07) is 26.0. The molecule has 0 aliphatic carbocycles. The molecule has 34 heavy (non-hydrogen) atoms. The van der Waals surface area contributed by atoms with Crippen LogP contribution in [0.1, 0.15) is 22.8 Å². The third kappa shape index (κ3) is 5.36. The first kappa shape index (κ1) is 23.3. The molecule has 0 saturated heterocycles. The summed E-state index contributed by atoms with van der Waals surface area (Å²) >= 11 is 0. The van der Waals surface area contributed by atoms with Crippen molar-refractivity contribution in [3.63, 3.8) is 0 Å². The molecule has 0 radical (unpaired) electrons. The van der Waals surface area contributed by atoms with Crippen molar-refractivity contribution in [2.45, 2.75) is 18.4 Å². The molecule has 0 aliphatic rings. The second kappa shape index (κ2) is 9.94. The van der Waals surface area contributed by atoms with Crippen LogP contribution in [-0.2, 0) is 21.3 Å². The molecule has 0 fully saturated rings. The maximum Gasteiger partial charge on any atom is 0.338 e. The van der Waals surface area contributed by atoms with Crippen LogP contribution in [0.5, 0.6) is 0 Å². The number of nitrogens with one attached hydrogen (secondary N) is 2. The highest BCUT2D eigenvalue weighted by atomic mass is 32.2. The Balaban J connectivity index is 1.82. The number of anilines is 3. The van der Waals surface area contributed by atoms with E-state index >= 15 is 0 Å². The summed E-state index contributed by atoms with van der Waals surface area (Å²) in [5.41, 5.74) is 2.41. The van der Waals surface area contributed by atoms with E-state index in [9.17, 15) is 13.2 Å². The number of carbonyl (C=O) groups excluding carboxylic acids is 1. The number of rotatable bonds is 8. The second-order valence-corrected chi connectivity index (χ2v) is 9.22. The summed E-state index contributed by atoms with van der Waals surface area (Å²) in [4.78, 5) is 12.3. The highest BCUT2D eigenvalue weighted by molar-refractivity contribution is 7.89. The topological polar surface area (TPSA) is 111 Å². The molecule has 0 spiro atoms. The van der Waals surface area contributed by atoms with E-state index in [1.807, 2.05) is 72.8 Å². The normalized spacial score (nSPS) is 11.2. The van der Waals surface area contributed by atoms with Gasteiger partial charge in [0.15, 0.2) is 0 Å². The predicted octanol–water partition coefficient (Wildman–Crippen LogP) is 5.02. The minimum absolute atomic E-state index is 0.0884. The van der Waals surface area contributed by atoms with Crippen LogP contribution in [0, 0.1) is 0 Å². The van der Waals surface area contributed by atoms with Crippen LogP contribution in [0.2, 0.25) is 0 Å². The third-order valence-electron chi connectivity index (χ3n) is 5.26. The van der Waals surface area contributed by atoms with Gasteiger partial charge in [0.25, 0.3) is 0 Å². The molecule has 0 aromatic heterocycles. The van der Waals surface area contributed by atoms with E-state index < -0.39 is 16.0 Å². The Labute approximate surface area is 198 Å². The van der Waals surface area contributed by atoms with E-state index in [4.69, 9.17) is 9.88 Å². The lowest BCUT2D eigenvalue weighted by molar-refractivity contribution is 0.0526. The Kier molecular flexibility index (Phi) is 6.81. The van der Waals surface area contributed by atoms with Crippen molar-refractivity contribution in [2.24, 2.45) is 5.14 Å². The number of primary sulfonamides is 1. The maximum absolute atomic E-state index is 12.6. The van der Waals surface area contributed by atoms with Gasteiger partial charge in [-0.05, 0) is 47.5 Å². The van der Waals surface area contributed by atoms with Crippen molar-refractivity contribution in [2.75, 3.05) is 17.2 Å².